The minimum absolute atomic E-state index is 0.0563. The highest BCUT2D eigenvalue weighted by Gasteiger charge is 2.27. The molecule has 0 radical (unpaired) electrons. The fourth-order valence-electron chi connectivity index (χ4n) is 1.81. The lowest BCUT2D eigenvalue weighted by atomic mass is 10.1. The highest BCUT2D eigenvalue weighted by molar-refractivity contribution is 5.89. The third-order valence-corrected chi connectivity index (χ3v) is 2.90. The topological polar surface area (TPSA) is 71.1 Å². The average Bonchev–Trinajstić information content (AvgIpc) is 2.74. The SMILES string of the molecule is Cc1cccnc1CNC(=O)C1CNC(=O)C1. The van der Waals surface area contributed by atoms with Crippen LogP contribution in [0.2, 0.25) is 0 Å². The number of aromatic nitrogens is 1. The summed E-state index contributed by atoms with van der Waals surface area (Å²) in [5.74, 6) is -0.390. The van der Waals surface area contributed by atoms with Crippen LogP contribution >= 0.6 is 0 Å². The molecule has 1 fully saturated rings. The highest BCUT2D eigenvalue weighted by atomic mass is 16.2. The molecular weight excluding hydrogens is 218 g/mol. The molecular formula is C12H15N3O2. The van der Waals surface area contributed by atoms with Crippen molar-refractivity contribution in [2.45, 2.75) is 19.9 Å². The summed E-state index contributed by atoms with van der Waals surface area (Å²) in [5, 5.41) is 5.45. The van der Waals surface area contributed by atoms with E-state index in [2.05, 4.69) is 15.6 Å². The number of aryl methyl sites for hydroxylation is 1. The summed E-state index contributed by atoms with van der Waals surface area (Å²) < 4.78 is 0. The molecule has 0 aromatic carbocycles. The van der Waals surface area contributed by atoms with Gasteiger partial charge in [0.15, 0.2) is 0 Å². The van der Waals surface area contributed by atoms with Crippen molar-refractivity contribution in [2.24, 2.45) is 5.92 Å². The zero-order chi connectivity index (χ0) is 12.3. The van der Waals surface area contributed by atoms with Crippen molar-refractivity contribution in [3.05, 3.63) is 29.6 Å². The van der Waals surface area contributed by atoms with Crippen LogP contribution in [0.1, 0.15) is 17.7 Å². The van der Waals surface area contributed by atoms with Crippen LogP contribution < -0.4 is 10.6 Å². The van der Waals surface area contributed by atoms with Crippen molar-refractivity contribution < 1.29 is 9.59 Å². The van der Waals surface area contributed by atoms with Crippen LogP contribution in [0.5, 0.6) is 0 Å². The average molecular weight is 233 g/mol. The normalized spacial score (nSPS) is 18.9. The summed E-state index contributed by atoms with van der Waals surface area (Å²) in [6, 6.07) is 3.81. The summed E-state index contributed by atoms with van der Waals surface area (Å²) in [5.41, 5.74) is 1.91. The predicted octanol–water partition coefficient (Wildman–Crippen LogP) is 0.142. The minimum atomic E-state index is -0.244. The molecule has 2 amide bonds. The van der Waals surface area contributed by atoms with Gasteiger partial charge in [0.1, 0.15) is 0 Å². The first-order valence-electron chi connectivity index (χ1n) is 5.61. The molecule has 1 aliphatic rings. The molecule has 0 bridgehead atoms. The summed E-state index contributed by atoms with van der Waals surface area (Å²) in [6.45, 7) is 2.80. The van der Waals surface area contributed by atoms with Crippen LogP contribution in [0.25, 0.3) is 0 Å². The van der Waals surface area contributed by atoms with E-state index in [-0.39, 0.29) is 24.2 Å². The maximum atomic E-state index is 11.7. The first kappa shape index (κ1) is 11.6. The Kier molecular flexibility index (Phi) is 3.37. The van der Waals surface area contributed by atoms with E-state index >= 15 is 0 Å². The first-order valence-corrected chi connectivity index (χ1v) is 5.61. The molecule has 1 atom stereocenters. The maximum Gasteiger partial charge on any atom is 0.225 e. The van der Waals surface area contributed by atoms with Gasteiger partial charge in [0.25, 0.3) is 0 Å². The van der Waals surface area contributed by atoms with Gasteiger partial charge in [0, 0.05) is 19.2 Å². The molecule has 2 rings (SSSR count). The fourth-order valence-corrected chi connectivity index (χ4v) is 1.81. The molecule has 17 heavy (non-hydrogen) atoms. The zero-order valence-electron chi connectivity index (χ0n) is 9.69. The van der Waals surface area contributed by atoms with Gasteiger partial charge in [-0.05, 0) is 18.6 Å². The van der Waals surface area contributed by atoms with Crippen LogP contribution in [0.3, 0.4) is 0 Å². The first-order chi connectivity index (χ1) is 8.16. The molecule has 90 valence electrons. The number of nitrogens with zero attached hydrogens (tertiary/aromatic N) is 1. The second kappa shape index (κ2) is 4.95. The standard InChI is InChI=1S/C12H15N3O2/c1-8-3-2-4-13-10(8)7-15-12(17)9-5-11(16)14-6-9/h2-4,9H,5-7H2,1H3,(H,14,16)(H,15,17). The number of hydrogen-bond acceptors (Lipinski definition) is 3. The van der Waals surface area contributed by atoms with Crippen molar-refractivity contribution in [3.8, 4) is 0 Å². The molecule has 1 unspecified atom stereocenters. The number of carbonyl (C=O) groups excluding carboxylic acids is 2. The third kappa shape index (κ3) is 2.81. The monoisotopic (exact) mass is 233 g/mol. The summed E-state index contributed by atoms with van der Waals surface area (Å²) in [6.07, 6.45) is 1.99. The number of rotatable bonds is 3. The predicted molar refractivity (Wildman–Crippen MR) is 61.9 cm³/mol. The van der Waals surface area contributed by atoms with E-state index in [1.807, 2.05) is 19.1 Å². The largest absolute Gasteiger partial charge is 0.355 e. The van der Waals surface area contributed by atoms with Crippen molar-refractivity contribution in [1.29, 1.82) is 0 Å². The van der Waals surface area contributed by atoms with Crippen molar-refractivity contribution in [1.82, 2.24) is 15.6 Å². The Morgan fingerprint density at radius 3 is 3.12 bits per heavy atom. The molecule has 0 saturated carbocycles. The van der Waals surface area contributed by atoms with E-state index < -0.39 is 0 Å². The molecule has 1 aliphatic heterocycles. The molecule has 5 heteroatoms. The van der Waals surface area contributed by atoms with Gasteiger partial charge in [0.05, 0.1) is 18.2 Å². The summed E-state index contributed by atoms with van der Waals surface area (Å²) >= 11 is 0. The molecule has 0 spiro atoms. The number of nitrogens with one attached hydrogen (secondary N) is 2. The smallest absolute Gasteiger partial charge is 0.225 e. The maximum absolute atomic E-state index is 11.7. The van der Waals surface area contributed by atoms with E-state index in [1.54, 1.807) is 6.20 Å². The Bertz CT molecular complexity index is 445. The third-order valence-electron chi connectivity index (χ3n) is 2.90. The Morgan fingerprint density at radius 2 is 2.47 bits per heavy atom. The van der Waals surface area contributed by atoms with Crippen LogP contribution in [-0.2, 0) is 16.1 Å². The molecule has 1 aromatic heterocycles. The highest BCUT2D eigenvalue weighted by Crippen LogP contribution is 2.09. The number of pyridine rings is 1. The zero-order valence-corrected chi connectivity index (χ0v) is 9.69. The van der Waals surface area contributed by atoms with Gasteiger partial charge < -0.3 is 10.6 Å². The Labute approximate surface area is 99.6 Å². The molecule has 5 nitrogen and oxygen atoms in total. The fraction of sp³-hybridized carbons (Fsp3) is 0.417. The van der Waals surface area contributed by atoms with Gasteiger partial charge >= 0.3 is 0 Å². The number of amides is 2. The quantitative estimate of drug-likeness (QED) is 0.780. The van der Waals surface area contributed by atoms with E-state index in [0.29, 0.717) is 13.1 Å². The number of hydrogen-bond donors (Lipinski definition) is 2. The van der Waals surface area contributed by atoms with Crippen molar-refractivity contribution >= 4 is 11.8 Å². The van der Waals surface area contributed by atoms with E-state index in [0.717, 1.165) is 11.3 Å². The Balaban J connectivity index is 1.88. The van der Waals surface area contributed by atoms with E-state index in [4.69, 9.17) is 0 Å². The summed E-state index contributed by atoms with van der Waals surface area (Å²) in [7, 11) is 0. The van der Waals surface area contributed by atoms with Crippen LogP contribution in [-0.4, -0.2) is 23.3 Å². The van der Waals surface area contributed by atoms with E-state index in [9.17, 15) is 9.59 Å². The Morgan fingerprint density at radius 1 is 1.65 bits per heavy atom. The van der Waals surface area contributed by atoms with Gasteiger partial charge in [-0.25, -0.2) is 0 Å². The number of carbonyl (C=O) groups is 2. The van der Waals surface area contributed by atoms with Gasteiger partial charge in [-0.3, -0.25) is 14.6 Å². The second-order valence-electron chi connectivity index (χ2n) is 4.19. The molecule has 2 N–H and O–H groups in total. The van der Waals surface area contributed by atoms with Crippen LogP contribution in [0.15, 0.2) is 18.3 Å². The lowest BCUT2D eigenvalue weighted by molar-refractivity contribution is -0.126. The molecule has 2 heterocycles. The lowest BCUT2D eigenvalue weighted by Crippen LogP contribution is -2.31. The van der Waals surface area contributed by atoms with Gasteiger partial charge in [-0.2, -0.15) is 0 Å². The van der Waals surface area contributed by atoms with E-state index in [1.165, 1.54) is 0 Å². The van der Waals surface area contributed by atoms with Gasteiger partial charge in [0.2, 0.25) is 11.8 Å². The Hall–Kier alpha value is -1.91. The second-order valence-corrected chi connectivity index (χ2v) is 4.19. The van der Waals surface area contributed by atoms with Gasteiger partial charge in [-0.15, -0.1) is 0 Å². The molecule has 1 saturated heterocycles. The van der Waals surface area contributed by atoms with Crippen LogP contribution in [0.4, 0.5) is 0 Å². The van der Waals surface area contributed by atoms with Crippen molar-refractivity contribution in [2.75, 3.05) is 6.54 Å². The molecule has 1 aromatic rings. The lowest BCUT2D eigenvalue weighted by Gasteiger charge is -2.09. The molecule has 0 aliphatic carbocycles. The minimum Gasteiger partial charge on any atom is -0.355 e. The summed E-state index contributed by atoms with van der Waals surface area (Å²) in [4.78, 5) is 26.9. The van der Waals surface area contributed by atoms with Crippen molar-refractivity contribution in [3.63, 3.8) is 0 Å². The van der Waals surface area contributed by atoms with Crippen LogP contribution in [0, 0.1) is 12.8 Å². The van der Waals surface area contributed by atoms with Gasteiger partial charge in [-0.1, -0.05) is 6.07 Å².